The zero-order valence-corrected chi connectivity index (χ0v) is 19.6. The minimum atomic E-state index is -0.0914. The smallest absolute Gasteiger partial charge is 0.276 e. The van der Waals surface area contributed by atoms with Crippen molar-refractivity contribution in [2.45, 2.75) is 37.9 Å². The first-order chi connectivity index (χ1) is 15.5. The molecule has 1 N–H and O–H groups in total. The van der Waals surface area contributed by atoms with E-state index in [0.717, 1.165) is 29.7 Å². The maximum atomic E-state index is 13.4. The first-order valence-electron chi connectivity index (χ1n) is 10.6. The second kappa shape index (κ2) is 8.56. The summed E-state index contributed by atoms with van der Waals surface area (Å²) in [6.45, 7) is 3.99. The van der Waals surface area contributed by atoms with Crippen LogP contribution in [0.15, 0.2) is 63.9 Å². The summed E-state index contributed by atoms with van der Waals surface area (Å²) in [5, 5.41) is 5.58. The molecule has 7 heteroatoms. The topological polar surface area (TPSA) is 64.0 Å². The number of rotatable bonds is 5. The van der Waals surface area contributed by atoms with Gasteiger partial charge in [-0.2, -0.15) is 0 Å². The van der Waals surface area contributed by atoms with Gasteiger partial charge in [0.15, 0.2) is 5.16 Å². The van der Waals surface area contributed by atoms with Gasteiger partial charge in [-0.15, -0.1) is 11.3 Å². The van der Waals surface area contributed by atoms with Gasteiger partial charge in [0.25, 0.3) is 5.56 Å². The summed E-state index contributed by atoms with van der Waals surface area (Å²) in [7, 11) is 0. The SMILES string of the molecule is Cc1ccc(C)c(-n2c(SCC(=O)N[C@H]3CCc4ccccc43)nc3ccsc3c2=O)c1. The first kappa shape index (κ1) is 21.0. The molecule has 0 saturated carbocycles. The van der Waals surface area contributed by atoms with E-state index in [1.165, 1.54) is 34.2 Å². The van der Waals surface area contributed by atoms with Crippen molar-refractivity contribution in [1.82, 2.24) is 14.9 Å². The molecule has 1 aliphatic carbocycles. The van der Waals surface area contributed by atoms with Gasteiger partial charge in [-0.25, -0.2) is 4.98 Å². The highest BCUT2D eigenvalue weighted by Crippen LogP contribution is 2.31. The molecule has 5 rings (SSSR count). The lowest BCUT2D eigenvalue weighted by atomic mass is 10.1. The van der Waals surface area contributed by atoms with Crippen molar-refractivity contribution in [3.8, 4) is 5.69 Å². The zero-order valence-electron chi connectivity index (χ0n) is 17.9. The summed E-state index contributed by atoms with van der Waals surface area (Å²) in [4.78, 5) is 30.9. The Labute approximate surface area is 194 Å². The quantitative estimate of drug-likeness (QED) is 0.337. The number of hydrogen-bond acceptors (Lipinski definition) is 5. The van der Waals surface area contributed by atoms with Gasteiger partial charge in [0.1, 0.15) is 4.70 Å². The maximum Gasteiger partial charge on any atom is 0.276 e. The molecule has 5 nitrogen and oxygen atoms in total. The Kier molecular flexibility index (Phi) is 5.61. The predicted molar refractivity (Wildman–Crippen MR) is 131 cm³/mol. The summed E-state index contributed by atoms with van der Waals surface area (Å²) >= 11 is 2.70. The van der Waals surface area contributed by atoms with Crippen LogP contribution in [0.2, 0.25) is 0 Å². The second-order valence-electron chi connectivity index (χ2n) is 8.11. The van der Waals surface area contributed by atoms with Crippen LogP contribution in [0.5, 0.6) is 0 Å². The van der Waals surface area contributed by atoms with Crippen LogP contribution in [-0.2, 0) is 11.2 Å². The number of fused-ring (bicyclic) bond motifs is 2. The van der Waals surface area contributed by atoms with Crippen LogP contribution < -0.4 is 10.9 Å². The van der Waals surface area contributed by atoms with Crippen molar-refractivity contribution < 1.29 is 4.79 Å². The van der Waals surface area contributed by atoms with Crippen molar-refractivity contribution in [3.05, 3.63) is 86.5 Å². The van der Waals surface area contributed by atoms with E-state index in [4.69, 9.17) is 4.98 Å². The molecule has 0 unspecified atom stereocenters. The number of carbonyl (C=O) groups is 1. The Morgan fingerprint density at radius 2 is 2.06 bits per heavy atom. The molecule has 32 heavy (non-hydrogen) atoms. The van der Waals surface area contributed by atoms with Crippen LogP contribution in [-0.4, -0.2) is 21.2 Å². The molecule has 2 aromatic carbocycles. The molecule has 2 aromatic heterocycles. The molecule has 1 amide bonds. The lowest BCUT2D eigenvalue weighted by Gasteiger charge is -2.16. The molecular formula is C25H23N3O2S2. The van der Waals surface area contributed by atoms with Gasteiger partial charge >= 0.3 is 0 Å². The van der Waals surface area contributed by atoms with Gasteiger partial charge in [0, 0.05) is 0 Å². The highest BCUT2D eigenvalue weighted by molar-refractivity contribution is 7.99. The summed E-state index contributed by atoms with van der Waals surface area (Å²) in [5.41, 5.74) is 5.96. The van der Waals surface area contributed by atoms with E-state index >= 15 is 0 Å². The van der Waals surface area contributed by atoms with E-state index in [0.29, 0.717) is 15.4 Å². The van der Waals surface area contributed by atoms with Gasteiger partial charge in [0.05, 0.1) is 23.0 Å². The lowest BCUT2D eigenvalue weighted by Crippen LogP contribution is -2.29. The Bertz CT molecular complexity index is 1390. The van der Waals surface area contributed by atoms with Gasteiger partial charge < -0.3 is 5.32 Å². The minimum Gasteiger partial charge on any atom is -0.349 e. The molecule has 1 atom stereocenters. The number of nitrogens with one attached hydrogen (secondary N) is 1. The van der Waals surface area contributed by atoms with Crippen molar-refractivity contribution >= 4 is 39.2 Å². The van der Waals surface area contributed by atoms with E-state index in [-0.39, 0.29) is 23.3 Å². The third-order valence-corrected chi connectivity index (χ3v) is 7.69. The van der Waals surface area contributed by atoms with E-state index in [1.807, 2.05) is 55.6 Å². The molecule has 4 aromatic rings. The third kappa shape index (κ3) is 3.87. The molecular weight excluding hydrogens is 438 g/mol. The fraction of sp³-hybridized carbons (Fsp3) is 0.240. The van der Waals surface area contributed by atoms with Crippen molar-refractivity contribution in [2.75, 3.05) is 5.75 Å². The van der Waals surface area contributed by atoms with Crippen molar-refractivity contribution in [2.24, 2.45) is 0 Å². The average Bonchev–Trinajstić information content (AvgIpc) is 3.42. The fourth-order valence-electron chi connectivity index (χ4n) is 4.23. The van der Waals surface area contributed by atoms with Crippen LogP contribution in [0.3, 0.4) is 0 Å². The number of benzene rings is 2. The highest BCUT2D eigenvalue weighted by Gasteiger charge is 2.24. The molecule has 1 aliphatic rings. The summed E-state index contributed by atoms with van der Waals surface area (Å²) < 4.78 is 2.28. The van der Waals surface area contributed by atoms with Crippen LogP contribution in [0.25, 0.3) is 15.9 Å². The zero-order chi connectivity index (χ0) is 22.2. The van der Waals surface area contributed by atoms with Crippen LogP contribution in [0, 0.1) is 13.8 Å². The van der Waals surface area contributed by atoms with Crippen LogP contribution in [0.1, 0.15) is 34.7 Å². The molecule has 0 saturated heterocycles. The van der Waals surface area contributed by atoms with E-state index in [9.17, 15) is 9.59 Å². The number of thiophene rings is 1. The van der Waals surface area contributed by atoms with Crippen molar-refractivity contribution in [1.29, 1.82) is 0 Å². The molecule has 0 bridgehead atoms. The molecule has 0 aliphatic heterocycles. The van der Waals surface area contributed by atoms with E-state index in [2.05, 4.69) is 17.4 Å². The number of amides is 1. The average molecular weight is 462 g/mol. The maximum absolute atomic E-state index is 13.4. The van der Waals surface area contributed by atoms with Crippen LogP contribution >= 0.6 is 23.1 Å². The summed E-state index contributed by atoms with van der Waals surface area (Å²) in [5.74, 6) is 0.148. The van der Waals surface area contributed by atoms with E-state index in [1.54, 1.807) is 4.57 Å². The number of hydrogen-bond donors (Lipinski definition) is 1. The Balaban J connectivity index is 1.43. The molecule has 0 spiro atoms. The lowest BCUT2D eigenvalue weighted by molar-refractivity contribution is -0.119. The summed E-state index contributed by atoms with van der Waals surface area (Å²) in [6.07, 6.45) is 1.90. The number of carbonyl (C=O) groups excluding carboxylic acids is 1. The summed E-state index contributed by atoms with van der Waals surface area (Å²) in [6, 6.07) is 16.2. The third-order valence-electron chi connectivity index (χ3n) is 5.86. The molecule has 2 heterocycles. The number of nitrogens with zero attached hydrogens (tertiary/aromatic N) is 2. The first-order valence-corrected chi connectivity index (χ1v) is 12.5. The second-order valence-corrected chi connectivity index (χ2v) is 9.96. The van der Waals surface area contributed by atoms with Crippen molar-refractivity contribution in [3.63, 3.8) is 0 Å². The number of aryl methyl sites for hydroxylation is 3. The van der Waals surface area contributed by atoms with E-state index < -0.39 is 0 Å². The Hall–Kier alpha value is -2.90. The molecule has 0 fully saturated rings. The van der Waals surface area contributed by atoms with Gasteiger partial charge in [-0.05, 0) is 66.5 Å². The molecule has 0 radical (unpaired) electrons. The largest absolute Gasteiger partial charge is 0.349 e. The number of aromatic nitrogens is 2. The number of thioether (sulfide) groups is 1. The molecule has 162 valence electrons. The standard InChI is InChI=1S/C25H23N3O2S2/c1-15-7-8-16(2)21(13-15)28-24(30)23-20(11-12-31-23)27-25(28)32-14-22(29)26-19-10-9-17-5-3-4-6-18(17)19/h3-8,11-13,19H,9-10,14H2,1-2H3,(H,26,29)/t19-/m0/s1. The van der Waals surface area contributed by atoms with Gasteiger partial charge in [-0.1, -0.05) is 48.2 Å². The fourth-order valence-corrected chi connectivity index (χ4v) is 5.81. The van der Waals surface area contributed by atoms with Gasteiger partial charge in [-0.3, -0.25) is 14.2 Å². The normalized spacial score (nSPS) is 15.1. The minimum absolute atomic E-state index is 0.0489. The predicted octanol–water partition coefficient (Wildman–Crippen LogP) is 4.96. The Morgan fingerprint density at radius 1 is 1.22 bits per heavy atom. The monoisotopic (exact) mass is 461 g/mol. The highest BCUT2D eigenvalue weighted by atomic mass is 32.2. The Morgan fingerprint density at radius 3 is 2.94 bits per heavy atom. The van der Waals surface area contributed by atoms with Crippen LogP contribution in [0.4, 0.5) is 0 Å². The van der Waals surface area contributed by atoms with Gasteiger partial charge in [0.2, 0.25) is 5.91 Å².